The zero-order chi connectivity index (χ0) is 16.1. The molecule has 0 fully saturated rings. The first kappa shape index (κ1) is 15.7. The second-order valence-corrected chi connectivity index (χ2v) is 4.18. The number of halogens is 3. The number of hydrogen-bond donors (Lipinski definition) is 1. The minimum absolute atomic E-state index is 0.0872. The fraction of sp³-hybridized carbons (Fsp3) is 0.133. The lowest BCUT2D eigenvalue weighted by Gasteiger charge is -2.12. The summed E-state index contributed by atoms with van der Waals surface area (Å²) in [7, 11) is 1.30. The van der Waals surface area contributed by atoms with Crippen molar-refractivity contribution in [3.05, 3.63) is 53.8 Å². The van der Waals surface area contributed by atoms with Gasteiger partial charge in [0, 0.05) is 11.8 Å². The van der Waals surface area contributed by atoms with Gasteiger partial charge in [0.1, 0.15) is 5.82 Å². The number of ether oxygens (including phenoxy) is 2. The van der Waals surface area contributed by atoms with E-state index in [4.69, 9.17) is 4.74 Å². The van der Waals surface area contributed by atoms with Crippen LogP contribution in [0.3, 0.4) is 0 Å². The zero-order valence-corrected chi connectivity index (χ0v) is 11.5. The van der Waals surface area contributed by atoms with Crippen LogP contribution in [-0.2, 0) is 0 Å². The summed E-state index contributed by atoms with van der Waals surface area (Å²) in [6.45, 7) is -3.04. The molecule has 0 radical (unpaired) electrons. The number of carbonyl (C=O) groups is 1. The van der Waals surface area contributed by atoms with Crippen LogP contribution in [0.4, 0.5) is 18.9 Å². The van der Waals surface area contributed by atoms with Gasteiger partial charge in [-0.2, -0.15) is 8.78 Å². The van der Waals surface area contributed by atoms with Crippen LogP contribution >= 0.6 is 0 Å². The molecule has 0 saturated heterocycles. The summed E-state index contributed by atoms with van der Waals surface area (Å²) in [5.74, 6) is -1.53. The SMILES string of the molecule is COc1ccc(NC(=O)c2ccccc2F)cc1OC(F)F. The van der Waals surface area contributed by atoms with Gasteiger partial charge in [-0.15, -0.1) is 0 Å². The highest BCUT2D eigenvalue weighted by atomic mass is 19.3. The molecule has 2 aromatic rings. The predicted octanol–water partition coefficient (Wildman–Crippen LogP) is 3.69. The average molecular weight is 311 g/mol. The monoisotopic (exact) mass is 311 g/mol. The number of carbonyl (C=O) groups excluding carboxylic acids is 1. The van der Waals surface area contributed by atoms with E-state index in [0.717, 1.165) is 6.07 Å². The highest BCUT2D eigenvalue weighted by molar-refractivity contribution is 6.04. The number of rotatable bonds is 5. The average Bonchev–Trinajstić information content (AvgIpc) is 2.47. The molecule has 0 aliphatic heterocycles. The van der Waals surface area contributed by atoms with Crippen LogP contribution in [0.5, 0.6) is 11.5 Å². The van der Waals surface area contributed by atoms with E-state index in [1.165, 1.54) is 43.5 Å². The van der Waals surface area contributed by atoms with Crippen molar-refractivity contribution >= 4 is 11.6 Å². The van der Waals surface area contributed by atoms with Crippen molar-refractivity contribution in [2.24, 2.45) is 0 Å². The molecule has 0 aromatic heterocycles. The van der Waals surface area contributed by atoms with E-state index in [0.29, 0.717) is 0 Å². The Hall–Kier alpha value is -2.70. The van der Waals surface area contributed by atoms with Crippen LogP contribution in [0.2, 0.25) is 0 Å². The molecule has 2 aromatic carbocycles. The van der Waals surface area contributed by atoms with Gasteiger partial charge in [-0.25, -0.2) is 4.39 Å². The molecule has 0 spiro atoms. The lowest BCUT2D eigenvalue weighted by atomic mass is 10.2. The number of nitrogens with one attached hydrogen (secondary N) is 1. The lowest BCUT2D eigenvalue weighted by Crippen LogP contribution is -2.14. The maximum absolute atomic E-state index is 13.5. The fourth-order valence-electron chi connectivity index (χ4n) is 1.79. The first-order valence-corrected chi connectivity index (χ1v) is 6.20. The van der Waals surface area contributed by atoms with Crippen molar-refractivity contribution in [3.63, 3.8) is 0 Å². The van der Waals surface area contributed by atoms with Gasteiger partial charge in [0.2, 0.25) is 0 Å². The van der Waals surface area contributed by atoms with Gasteiger partial charge in [0.05, 0.1) is 12.7 Å². The van der Waals surface area contributed by atoms with Gasteiger partial charge in [0.25, 0.3) is 5.91 Å². The Labute approximate surface area is 124 Å². The van der Waals surface area contributed by atoms with Crippen molar-refractivity contribution in [2.45, 2.75) is 6.61 Å². The number of benzene rings is 2. The summed E-state index contributed by atoms with van der Waals surface area (Å²) in [6.07, 6.45) is 0. The molecule has 0 heterocycles. The number of methoxy groups -OCH3 is 1. The topological polar surface area (TPSA) is 47.6 Å². The third-order valence-corrected chi connectivity index (χ3v) is 2.76. The van der Waals surface area contributed by atoms with Crippen molar-refractivity contribution in [2.75, 3.05) is 12.4 Å². The normalized spacial score (nSPS) is 10.4. The molecule has 116 valence electrons. The zero-order valence-electron chi connectivity index (χ0n) is 11.5. The molecule has 1 amide bonds. The molecule has 0 bridgehead atoms. The Morgan fingerprint density at radius 2 is 1.86 bits per heavy atom. The summed E-state index contributed by atoms with van der Waals surface area (Å²) >= 11 is 0. The second-order valence-electron chi connectivity index (χ2n) is 4.18. The van der Waals surface area contributed by atoms with Gasteiger partial charge in [0.15, 0.2) is 11.5 Å². The summed E-state index contributed by atoms with van der Waals surface area (Å²) in [6, 6.07) is 9.37. The number of hydrogen-bond acceptors (Lipinski definition) is 3. The molecular weight excluding hydrogens is 299 g/mol. The molecule has 0 unspecified atom stereocenters. The van der Waals surface area contributed by atoms with Crippen LogP contribution < -0.4 is 14.8 Å². The molecule has 22 heavy (non-hydrogen) atoms. The van der Waals surface area contributed by atoms with E-state index in [2.05, 4.69) is 10.1 Å². The molecule has 0 saturated carbocycles. The van der Waals surface area contributed by atoms with Crippen molar-refractivity contribution < 1.29 is 27.4 Å². The number of amides is 1. The van der Waals surface area contributed by atoms with Crippen LogP contribution in [0.15, 0.2) is 42.5 Å². The maximum atomic E-state index is 13.5. The van der Waals surface area contributed by atoms with Crippen LogP contribution in [0.1, 0.15) is 10.4 Å². The minimum atomic E-state index is -3.04. The van der Waals surface area contributed by atoms with Gasteiger partial charge < -0.3 is 14.8 Å². The Morgan fingerprint density at radius 1 is 1.14 bits per heavy atom. The minimum Gasteiger partial charge on any atom is -0.493 e. The fourth-order valence-corrected chi connectivity index (χ4v) is 1.79. The Bertz CT molecular complexity index is 677. The highest BCUT2D eigenvalue weighted by Gasteiger charge is 2.14. The largest absolute Gasteiger partial charge is 0.493 e. The van der Waals surface area contributed by atoms with E-state index < -0.39 is 18.3 Å². The Balaban J connectivity index is 2.23. The summed E-state index contributed by atoms with van der Waals surface area (Å²) < 4.78 is 47.4. The molecule has 4 nitrogen and oxygen atoms in total. The Morgan fingerprint density at radius 3 is 2.50 bits per heavy atom. The molecule has 2 rings (SSSR count). The molecular formula is C15H12F3NO3. The first-order valence-electron chi connectivity index (χ1n) is 6.20. The third kappa shape index (κ3) is 3.69. The van der Waals surface area contributed by atoms with E-state index >= 15 is 0 Å². The molecule has 1 N–H and O–H groups in total. The van der Waals surface area contributed by atoms with E-state index in [1.54, 1.807) is 0 Å². The van der Waals surface area contributed by atoms with E-state index in [1.807, 2.05) is 0 Å². The highest BCUT2D eigenvalue weighted by Crippen LogP contribution is 2.31. The summed E-state index contributed by atoms with van der Waals surface area (Å²) in [5.41, 5.74) is 0.0133. The van der Waals surface area contributed by atoms with Gasteiger partial charge in [-0.3, -0.25) is 4.79 Å². The molecule has 0 aliphatic carbocycles. The van der Waals surface area contributed by atoms with Crippen molar-refractivity contribution in [3.8, 4) is 11.5 Å². The van der Waals surface area contributed by atoms with Crippen LogP contribution in [-0.4, -0.2) is 19.6 Å². The smallest absolute Gasteiger partial charge is 0.387 e. The number of alkyl halides is 2. The van der Waals surface area contributed by atoms with Gasteiger partial charge in [-0.1, -0.05) is 12.1 Å². The van der Waals surface area contributed by atoms with Gasteiger partial charge >= 0.3 is 6.61 Å². The standard InChI is InChI=1S/C15H12F3NO3/c1-21-12-7-6-9(8-13(12)22-15(17)18)19-14(20)10-4-2-3-5-11(10)16/h2-8,15H,1H3,(H,19,20). The lowest BCUT2D eigenvalue weighted by molar-refractivity contribution is -0.0511. The van der Waals surface area contributed by atoms with Crippen LogP contribution in [0, 0.1) is 5.82 Å². The quantitative estimate of drug-likeness (QED) is 0.916. The first-order chi connectivity index (χ1) is 10.5. The number of anilines is 1. The third-order valence-electron chi connectivity index (χ3n) is 2.76. The second kappa shape index (κ2) is 6.84. The molecule has 0 aliphatic rings. The van der Waals surface area contributed by atoms with E-state index in [9.17, 15) is 18.0 Å². The molecule has 0 atom stereocenters. The van der Waals surface area contributed by atoms with Gasteiger partial charge in [-0.05, 0) is 24.3 Å². The summed E-state index contributed by atoms with van der Waals surface area (Å²) in [4.78, 5) is 12.0. The van der Waals surface area contributed by atoms with Crippen molar-refractivity contribution in [1.29, 1.82) is 0 Å². The summed E-state index contributed by atoms with van der Waals surface area (Å²) in [5, 5.41) is 2.40. The van der Waals surface area contributed by atoms with Crippen LogP contribution in [0.25, 0.3) is 0 Å². The Kier molecular flexibility index (Phi) is 4.88. The van der Waals surface area contributed by atoms with Crippen molar-refractivity contribution in [1.82, 2.24) is 0 Å². The maximum Gasteiger partial charge on any atom is 0.387 e. The predicted molar refractivity (Wildman–Crippen MR) is 74.0 cm³/mol. The van der Waals surface area contributed by atoms with E-state index in [-0.39, 0.29) is 22.7 Å². The molecule has 7 heteroatoms.